The van der Waals surface area contributed by atoms with Crippen molar-refractivity contribution in [2.75, 3.05) is 29.2 Å². The van der Waals surface area contributed by atoms with Crippen LogP contribution in [0.1, 0.15) is 57.2 Å². The molecule has 2 heterocycles. The molecule has 0 radical (unpaired) electrons. The van der Waals surface area contributed by atoms with Crippen LogP contribution < -0.4 is 21.4 Å². The molecule has 4 rings (SSSR count). The fourth-order valence-electron chi connectivity index (χ4n) is 3.58. The monoisotopic (exact) mass is 503 g/mol. The maximum atomic E-state index is 11.7. The molecule has 0 atom stereocenters. The molecule has 1 aliphatic carbocycles. The van der Waals surface area contributed by atoms with Crippen molar-refractivity contribution in [3.05, 3.63) is 54.0 Å². The van der Waals surface area contributed by atoms with E-state index in [4.69, 9.17) is 10.00 Å². The van der Waals surface area contributed by atoms with E-state index in [1.54, 1.807) is 4.79 Å². The van der Waals surface area contributed by atoms with Crippen molar-refractivity contribution < 1.29 is 9.53 Å². The standard InChI is InChI=1S/C26H33N9O2/c1-26(2,3)32-25(36)37-14-4-13-28-22-16-23(30-17-29-22)31-24-15-21(19-7-8-19)35(34-24)33-20-9-5-18(6-10-20)11-12-27/h5-6,9-10,15-17,19,33H,4,7-8,11,13-14H2,1-3H3,(H,32,36)(H2,28,29,30,31,34). The van der Waals surface area contributed by atoms with Gasteiger partial charge in [0.25, 0.3) is 0 Å². The summed E-state index contributed by atoms with van der Waals surface area (Å²) in [5, 5.41) is 22.8. The number of nitrogens with one attached hydrogen (secondary N) is 4. The van der Waals surface area contributed by atoms with E-state index in [-0.39, 0.29) is 5.54 Å². The predicted octanol–water partition coefficient (Wildman–Crippen LogP) is 4.56. The summed E-state index contributed by atoms with van der Waals surface area (Å²) in [5.74, 6) is 2.43. The predicted molar refractivity (Wildman–Crippen MR) is 142 cm³/mol. The molecule has 0 aliphatic heterocycles. The number of ether oxygens (including phenoxy) is 1. The molecule has 1 aromatic carbocycles. The first-order chi connectivity index (χ1) is 17.8. The van der Waals surface area contributed by atoms with Crippen LogP contribution in [0.2, 0.25) is 0 Å². The van der Waals surface area contributed by atoms with Gasteiger partial charge in [0.05, 0.1) is 30.5 Å². The van der Waals surface area contributed by atoms with Gasteiger partial charge in [-0.15, -0.1) is 5.10 Å². The minimum absolute atomic E-state index is 0.306. The van der Waals surface area contributed by atoms with Gasteiger partial charge in [0.1, 0.15) is 18.0 Å². The molecule has 3 aromatic rings. The quantitative estimate of drug-likeness (QED) is 0.277. The molecule has 0 saturated heterocycles. The summed E-state index contributed by atoms with van der Waals surface area (Å²) < 4.78 is 5.19. The number of benzene rings is 1. The highest BCUT2D eigenvalue weighted by molar-refractivity contribution is 5.68. The molecule has 4 N–H and O–H groups in total. The van der Waals surface area contributed by atoms with Crippen LogP contribution in [0.15, 0.2) is 42.7 Å². The van der Waals surface area contributed by atoms with Crippen molar-refractivity contribution in [1.82, 2.24) is 25.2 Å². The smallest absolute Gasteiger partial charge is 0.407 e. The Morgan fingerprint density at radius 1 is 1.14 bits per heavy atom. The number of rotatable bonds is 11. The maximum Gasteiger partial charge on any atom is 0.407 e. The first-order valence-corrected chi connectivity index (χ1v) is 12.4. The van der Waals surface area contributed by atoms with Crippen molar-refractivity contribution >= 4 is 29.2 Å². The van der Waals surface area contributed by atoms with Crippen molar-refractivity contribution in [1.29, 1.82) is 5.26 Å². The van der Waals surface area contributed by atoms with E-state index >= 15 is 0 Å². The van der Waals surface area contributed by atoms with Gasteiger partial charge in [0.2, 0.25) is 0 Å². The molecule has 0 unspecified atom stereocenters. The van der Waals surface area contributed by atoms with Gasteiger partial charge in [-0.1, -0.05) is 12.1 Å². The van der Waals surface area contributed by atoms with Crippen LogP contribution in [-0.4, -0.2) is 44.6 Å². The number of alkyl carbamates (subject to hydrolysis) is 1. The third-order valence-corrected chi connectivity index (χ3v) is 5.47. The molecule has 11 heteroatoms. The average Bonchev–Trinajstić information content (AvgIpc) is 3.61. The van der Waals surface area contributed by atoms with Crippen molar-refractivity contribution in [2.45, 2.75) is 57.9 Å². The second-order valence-electron chi connectivity index (χ2n) is 9.99. The van der Waals surface area contributed by atoms with Gasteiger partial charge in [-0.05, 0) is 57.7 Å². The van der Waals surface area contributed by atoms with Gasteiger partial charge in [0, 0.05) is 30.1 Å². The van der Waals surface area contributed by atoms with Crippen LogP contribution in [0.4, 0.5) is 27.9 Å². The molecule has 11 nitrogen and oxygen atoms in total. The second-order valence-corrected chi connectivity index (χ2v) is 9.99. The number of amides is 1. The summed E-state index contributed by atoms with van der Waals surface area (Å²) in [6.45, 7) is 6.61. The number of nitriles is 1. The largest absolute Gasteiger partial charge is 0.449 e. The molecule has 0 bridgehead atoms. The van der Waals surface area contributed by atoms with E-state index < -0.39 is 6.09 Å². The van der Waals surface area contributed by atoms with Crippen molar-refractivity contribution in [3.63, 3.8) is 0 Å². The molecule has 2 aromatic heterocycles. The Morgan fingerprint density at radius 3 is 2.59 bits per heavy atom. The number of hydrogen-bond acceptors (Lipinski definition) is 9. The summed E-state index contributed by atoms with van der Waals surface area (Å²) in [6.07, 6.45) is 4.37. The molecule has 1 aliphatic rings. The second kappa shape index (κ2) is 11.6. The summed E-state index contributed by atoms with van der Waals surface area (Å²) in [7, 11) is 0. The highest BCUT2D eigenvalue weighted by atomic mass is 16.5. The molecule has 1 saturated carbocycles. The number of aromatic nitrogens is 4. The van der Waals surface area contributed by atoms with Gasteiger partial charge < -0.3 is 20.7 Å². The Kier molecular flexibility index (Phi) is 8.08. The zero-order chi connectivity index (χ0) is 26.3. The Balaban J connectivity index is 1.31. The molecule has 0 spiro atoms. The van der Waals surface area contributed by atoms with Crippen LogP contribution in [0.5, 0.6) is 0 Å². The van der Waals surface area contributed by atoms with E-state index in [0.717, 1.165) is 29.8 Å². The minimum atomic E-state index is -0.420. The van der Waals surface area contributed by atoms with Gasteiger partial charge in [-0.2, -0.15) is 10.1 Å². The van der Waals surface area contributed by atoms with Gasteiger partial charge in [-0.25, -0.2) is 14.8 Å². The fraction of sp³-hybridized carbons (Fsp3) is 0.423. The molecule has 1 fully saturated rings. The Hall–Kier alpha value is -4.33. The molecular weight excluding hydrogens is 470 g/mol. The third kappa shape index (κ3) is 8.10. The van der Waals surface area contributed by atoms with E-state index in [1.165, 1.54) is 6.33 Å². The molecule has 194 valence electrons. The van der Waals surface area contributed by atoms with Gasteiger partial charge >= 0.3 is 6.09 Å². The zero-order valence-corrected chi connectivity index (χ0v) is 21.4. The molecule has 1 amide bonds. The van der Waals surface area contributed by atoms with Crippen LogP contribution in [0, 0.1) is 11.3 Å². The first-order valence-electron chi connectivity index (χ1n) is 12.4. The van der Waals surface area contributed by atoms with Crippen LogP contribution in [0.25, 0.3) is 0 Å². The average molecular weight is 504 g/mol. The minimum Gasteiger partial charge on any atom is -0.449 e. The lowest BCUT2D eigenvalue weighted by Crippen LogP contribution is -2.41. The Morgan fingerprint density at radius 2 is 1.89 bits per heavy atom. The van der Waals surface area contributed by atoms with E-state index in [2.05, 4.69) is 42.5 Å². The summed E-state index contributed by atoms with van der Waals surface area (Å²) >= 11 is 0. The molecular formula is C26H33N9O2. The van der Waals surface area contributed by atoms with Crippen molar-refractivity contribution in [2.24, 2.45) is 0 Å². The van der Waals surface area contributed by atoms with Crippen LogP contribution in [0.3, 0.4) is 0 Å². The molecule has 37 heavy (non-hydrogen) atoms. The number of carbonyl (C=O) groups excluding carboxylic acids is 1. The summed E-state index contributed by atoms with van der Waals surface area (Å²) in [6, 6.07) is 13.8. The lowest BCUT2D eigenvalue weighted by Gasteiger charge is -2.19. The maximum absolute atomic E-state index is 11.7. The summed E-state index contributed by atoms with van der Waals surface area (Å²) in [5.41, 5.74) is 5.99. The SMILES string of the molecule is CC(C)(C)NC(=O)OCCCNc1cc(Nc2cc(C3CC3)n(Nc3ccc(CC#N)cc3)n2)ncn1. The summed E-state index contributed by atoms with van der Waals surface area (Å²) in [4.78, 5) is 22.1. The topological polar surface area (TPSA) is 142 Å². The number of hydrogen-bond donors (Lipinski definition) is 4. The van der Waals surface area contributed by atoms with Crippen molar-refractivity contribution in [3.8, 4) is 6.07 Å². The Labute approximate surface area is 216 Å². The lowest BCUT2D eigenvalue weighted by molar-refractivity contribution is 0.137. The van der Waals surface area contributed by atoms with E-state index in [9.17, 15) is 4.79 Å². The Bertz CT molecular complexity index is 1240. The normalized spacial score (nSPS) is 12.9. The van der Waals surface area contributed by atoms with Gasteiger partial charge in [-0.3, -0.25) is 5.43 Å². The van der Waals surface area contributed by atoms with Crippen LogP contribution in [-0.2, 0) is 11.2 Å². The van der Waals surface area contributed by atoms with Gasteiger partial charge in [0.15, 0.2) is 5.82 Å². The number of carbonyl (C=O) groups is 1. The highest BCUT2D eigenvalue weighted by Crippen LogP contribution is 2.41. The highest BCUT2D eigenvalue weighted by Gasteiger charge is 2.28. The first kappa shape index (κ1) is 25.8. The van der Waals surface area contributed by atoms with Crippen LogP contribution >= 0.6 is 0 Å². The van der Waals surface area contributed by atoms with E-state index in [1.807, 2.05) is 57.2 Å². The third-order valence-electron chi connectivity index (χ3n) is 5.47. The number of nitrogens with zero attached hydrogens (tertiary/aromatic N) is 5. The zero-order valence-electron chi connectivity index (χ0n) is 21.4. The number of anilines is 4. The van der Waals surface area contributed by atoms with E-state index in [0.29, 0.717) is 49.4 Å². The lowest BCUT2D eigenvalue weighted by atomic mass is 10.1. The fourth-order valence-corrected chi connectivity index (χ4v) is 3.58.